The minimum Gasteiger partial charge on any atom is -0.479 e. The van der Waals surface area contributed by atoms with Crippen LogP contribution in [-0.4, -0.2) is 33.5 Å². The molecule has 1 atom stereocenters. The lowest BCUT2D eigenvalue weighted by molar-refractivity contribution is -0.169. The summed E-state index contributed by atoms with van der Waals surface area (Å²) in [5, 5.41) is 31.3. The van der Waals surface area contributed by atoms with E-state index >= 15 is 0 Å². The second kappa shape index (κ2) is 7.12. The molecule has 1 unspecified atom stereocenters. The van der Waals surface area contributed by atoms with Gasteiger partial charge in [0.2, 0.25) is 5.60 Å². The van der Waals surface area contributed by atoms with Crippen molar-refractivity contribution in [1.82, 2.24) is 0 Å². The lowest BCUT2D eigenvalue weighted by atomic mass is 9.59. The van der Waals surface area contributed by atoms with Crippen molar-refractivity contribution in [2.24, 2.45) is 0 Å². The first-order valence-corrected chi connectivity index (χ1v) is 8.30. The monoisotopic (exact) mass is 348 g/mol. The maximum atomic E-state index is 12.2. The highest BCUT2D eigenvalue weighted by atomic mass is 16.4. The molecular formula is C22H20O4. The van der Waals surface area contributed by atoms with Gasteiger partial charge in [0, 0.05) is 0 Å². The fourth-order valence-electron chi connectivity index (χ4n) is 3.63. The Labute approximate surface area is 152 Å². The molecule has 4 heteroatoms. The van der Waals surface area contributed by atoms with Gasteiger partial charge in [-0.1, -0.05) is 91.0 Å². The van der Waals surface area contributed by atoms with Crippen molar-refractivity contribution in [3.63, 3.8) is 0 Å². The first-order chi connectivity index (χ1) is 12.6. The largest absolute Gasteiger partial charge is 0.479 e. The van der Waals surface area contributed by atoms with E-state index in [1.165, 1.54) is 0 Å². The van der Waals surface area contributed by atoms with Crippen molar-refractivity contribution < 1.29 is 20.1 Å². The first-order valence-electron chi connectivity index (χ1n) is 8.30. The molecular weight excluding hydrogens is 328 g/mol. The zero-order chi connectivity index (χ0) is 18.6. The molecule has 0 saturated heterocycles. The van der Waals surface area contributed by atoms with Crippen LogP contribution in [0, 0.1) is 0 Å². The Hall–Kier alpha value is -2.95. The van der Waals surface area contributed by atoms with Crippen LogP contribution >= 0.6 is 0 Å². The molecule has 0 saturated carbocycles. The van der Waals surface area contributed by atoms with Crippen molar-refractivity contribution >= 4 is 5.97 Å². The molecule has 0 fully saturated rings. The number of carboxylic acid groups (broad SMARTS) is 1. The molecule has 0 bridgehead atoms. The Morgan fingerprint density at radius 2 is 1.00 bits per heavy atom. The Morgan fingerprint density at radius 1 is 0.692 bits per heavy atom. The lowest BCUT2D eigenvalue weighted by Gasteiger charge is -2.45. The number of benzene rings is 3. The molecule has 3 aromatic rings. The van der Waals surface area contributed by atoms with Crippen molar-refractivity contribution in [2.45, 2.75) is 11.0 Å². The van der Waals surface area contributed by atoms with Crippen LogP contribution in [0.4, 0.5) is 0 Å². The molecule has 0 radical (unpaired) electrons. The number of aliphatic hydroxyl groups excluding tert-OH is 1. The van der Waals surface area contributed by atoms with E-state index in [1.54, 1.807) is 72.8 Å². The fraction of sp³-hybridized carbons (Fsp3) is 0.136. The van der Waals surface area contributed by atoms with Gasteiger partial charge in [0.25, 0.3) is 0 Å². The zero-order valence-electron chi connectivity index (χ0n) is 14.1. The molecule has 3 rings (SSSR count). The third-order valence-corrected chi connectivity index (χ3v) is 4.82. The molecule has 0 amide bonds. The van der Waals surface area contributed by atoms with E-state index in [2.05, 4.69) is 0 Å². The van der Waals surface area contributed by atoms with Crippen LogP contribution in [-0.2, 0) is 10.2 Å². The van der Waals surface area contributed by atoms with Crippen molar-refractivity contribution in [3.05, 3.63) is 108 Å². The number of carboxylic acids is 1. The van der Waals surface area contributed by atoms with Gasteiger partial charge in [0.1, 0.15) is 0 Å². The van der Waals surface area contributed by atoms with E-state index in [0.717, 1.165) is 0 Å². The van der Waals surface area contributed by atoms with E-state index in [-0.39, 0.29) is 0 Å². The van der Waals surface area contributed by atoms with E-state index in [9.17, 15) is 20.1 Å². The maximum absolute atomic E-state index is 12.2. The molecule has 0 aromatic heterocycles. The van der Waals surface area contributed by atoms with Crippen molar-refractivity contribution in [2.75, 3.05) is 6.61 Å². The van der Waals surface area contributed by atoms with Crippen LogP contribution in [0.15, 0.2) is 91.0 Å². The Bertz CT molecular complexity index is 766. The second-order valence-electron chi connectivity index (χ2n) is 6.17. The van der Waals surface area contributed by atoms with E-state index < -0.39 is 23.6 Å². The van der Waals surface area contributed by atoms with E-state index in [1.807, 2.05) is 18.2 Å². The number of hydrogen-bond donors (Lipinski definition) is 3. The van der Waals surface area contributed by atoms with Gasteiger partial charge in [-0.2, -0.15) is 0 Å². The molecule has 0 heterocycles. The molecule has 0 aliphatic carbocycles. The van der Waals surface area contributed by atoms with E-state index in [0.29, 0.717) is 16.7 Å². The Kier molecular flexibility index (Phi) is 4.89. The van der Waals surface area contributed by atoms with Gasteiger partial charge in [-0.3, -0.25) is 0 Å². The molecule has 3 aromatic carbocycles. The topological polar surface area (TPSA) is 77.8 Å². The SMILES string of the molecule is O=C(O)C(O)(CO)C(c1ccccc1)(c1ccccc1)c1ccccc1. The van der Waals surface area contributed by atoms with Crippen LogP contribution in [0.1, 0.15) is 16.7 Å². The predicted molar refractivity (Wildman–Crippen MR) is 98.9 cm³/mol. The van der Waals surface area contributed by atoms with Crippen LogP contribution in [0.3, 0.4) is 0 Å². The summed E-state index contributed by atoms with van der Waals surface area (Å²) in [5.41, 5.74) is -2.21. The fourth-order valence-corrected chi connectivity index (χ4v) is 3.63. The lowest BCUT2D eigenvalue weighted by Crippen LogP contribution is -2.60. The summed E-state index contributed by atoms with van der Waals surface area (Å²) in [4.78, 5) is 12.2. The summed E-state index contributed by atoms with van der Waals surface area (Å²) < 4.78 is 0. The molecule has 0 aliphatic heterocycles. The third-order valence-electron chi connectivity index (χ3n) is 4.82. The molecule has 0 aliphatic rings. The average molecular weight is 348 g/mol. The quantitative estimate of drug-likeness (QED) is 0.599. The van der Waals surface area contributed by atoms with Gasteiger partial charge in [-0.25, -0.2) is 4.79 Å². The molecule has 132 valence electrons. The van der Waals surface area contributed by atoms with Gasteiger partial charge in [0.15, 0.2) is 0 Å². The first kappa shape index (κ1) is 17.9. The summed E-state index contributed by atoms with van der Waals surface area (Å²) in [6.45, 7) is -0.943. The number of aliphatic hydroxyl groups is 2. The highest BCUT2D eigenvalue weighted by molar-refractivity contribution is 5.83. The third kappa shape index (κ3) is 2.60. The summed E-state index contributed by atoms with van der Waals surface area (Å²) >= 11 is 0. The number of rotatable bonds is 6. The Balaban J connectivity index is 2.50. The zero-order valence-corrected chi connectivity index (χ0v) is 14.1. The summed E-state index contributed by atoms with van der Waals surface area (Å²) in [7, 11) is 0. The maximum Gasteiger partial charge on any atom is 0.339 e. The number of hydrogen-bond acceptors (Lipinski definition) is 3. The standard InChI is InChI=1S/C22H20O4/c23-16-21(26,20(24)25)22(17-10-4-1-5-11-17,18-12-6-2-7-13-18)19-14-8-3-9-15-19/h1-15,23,26H,16H2,(H,24,25). The molecule has 4 nitrogen and oxygen atoms in total. The van der Waals surface area contributed by atoms with Crippen molar-refractivity contribution in [3.8, 4) is 0 Å². The minimum atomic E-state index is -2.46. The highest BCUT2D eigenvalue weighted by Crippen LogP contribution is 2.47. The Morgan fingerprint density at radius 3 is 1.23 bits per heavy atom. The predicted octanol–water partition coefficient (Wildman–Crippen LogP) is 2.83. The summed E-state index contributed by atoms with van der Waals surface area (Å²) in [6, 6.07) is 26.8. The molecule has 26 heavy (non-hydrogen) atoms. The number of carbonyl (C=O) groups is 1. The average Bonchev–Trinajstić information content (AvgIpc) is 2.70. The molecule has 0 spiro atoms. The number of aliphatic carboxylic acids is 1. The van der Waals surface area contributed by atoms with Crippen LogP contribution < -0.4 is 0 Å². The van der Waals surface area contributed by atoms with Crippen molar-refractivity contribution in [1.29, 1.82) is 0 Å². The van der Waals surface area contributed by atoms with Gasteiger partial charge in [0.05, 0.1) is 12.0 Å². The second-order valence-corrected chi connectivity index (χ2v) is 6.17. The van der Waals surface area contributed by atoms with Crippen LogP contribution in [0.5, 0.6) is 0 Å². The van der Waals surface area contributed by atoms with E-state index in [4.69, 9.17) is 0 Å². The van der Waals surface area contributed by atoms with Crippen LogP contribution in [0.2, 0.25) is 0 Å². The minimum absolute atomic E-state index is 0.580. The van der Waals surface area contributed by atoms with Gasteiger partial charge >= 0.3 is 5.97 Å². The van der Waals surface area contributed by atoms with Gasteiger partial charge < -0.3 is 15.3 Å². The van der Waals surface area contributed by atoms with Gasteiger partial charge in [-0.05, 0) is 16.7 Å². The highest BCUT2D eigenvalue weighted by Gasteiger charge is 2.58. The summed E-state index contributed by atoms with van der Waals surface area (Å²) in [5.74, 6) is -1.49. The normalized spacial score (nSPS) is 13.8. The molecule has 3 N–H and O–H groups in total. The van der Waals surface area contributed by atoms with Crippen LogP contribution in [0.25, 0.3) is 0 Å². The smallest absolute Gasteiger partial charge is 0.339 e. The summed E-state index contributed by atoms with van der Waals surface area (Å²) in [6.07, 6.45) is 0. The van der Waals surface area contributed by atoms with Gasteiger partial charge in [-0.15, -0.1) is 0 Å².